The zero-order valence-electron chi connectivity index (χ0n) is 19.0. The summed E-state index contributed by atoms with van der Waals surface area (Å²) in [5.41, 5.74) is 7.96. The minimum atomic E-state index is -0.0505. The van der Waals surface area contributed by atoms with Crippen LogP contribution >= 0.6 is 0 Å². The highest BCUT2D eigenvalue weighted by Gasteiger charge is 2.77. The zero-order valence-corrected chi connectivity index (χ0v) is 19.0. The van der Waals surface area contributed by atoms with Gasteiger partial charge in [-0.1, -0.05) is 47.0 Å². The Morgan fingerprint density at radius 2 is 1.68 bits per heavy atom. The third-order valence-corrected chi connectivity index (χ3v) is 12.1. The van der Waals surface area contributed by atoms with Crippen molar-refractivity contribution in [2.45, 2.75) is 104 Å². The molecule has 3 N–H and O–H groups in total. The largest absolute Gasteiger partial charge is 0.393 e. The molecular weight excluding hydrogens is 342 g/mol. The van der Waals surface area contributed by atoms with Gasteiger partial charge in [0, 0.05) is 0 Å². The number of nitrogens with two attached hydrogens (primary N) is 1. The van der Waals surface area contributed by atoms with E-state index < -0.39 is 0 Å². The Morgan fingerprint density at radius 3 is 2.39 bits per heavy atom. The van der Waals surface area contributed by atoms with Crippen molar-refractivity contribution in [1.82, 2.24) is 0 Å². The van der Waals surface area contributed by atoms with Gasteiger partial charge in [0.05, 0.1) is 6.10 Å². The number of aliphatic hydroxyl groups is 1. The van der Waals surface area contributed by atoms with Crippen molar-refractivity contribution in [2.24, 2.45) is 57.0 Å². The molecule has 0 aliphatic heterocycles. The molecule has 10 atom stereocenters. The van der Waals surface area contributed by atoms with Crippen LogP contribution in [-0.4, -0.2) is 17.8 Å². The Balaban J connectivity index is 1.51. The SMILES string of the molecule is CC[C@H]1[C@@H](O)C2[C@@H]3CC[C@@]4(C[C@]4(C)CCN)C3(C)CC[C@@H]2[C@@]2(C)CCCC[C@@H]12. The fourth-order valence-electron chi connectivity index (χ4n) is 10.7. The molecule has 2 heteroatoms. The van der Waals surface area contributed by atoms with Crippen LogP contribution in [0.25, 0.3) is 0 Å². The molecule has 0 radical (unpaired) electrons. The van der Waals surface area contributed by atoms with E-state index in [1.165, 1.54) is 70.6 Å². The highest BCUT2D eigenvalue weighted by molar-refractivity contribution is 5.26. The third-order valence-electron chi connectivity index (χ3n) is 12.1. The lowest BCUT2D eigenvalue weighted by molar-refractivity contribution is -0.195. The first-order chi connectivity index (χ1) is 13.3. The first-order valence-electron chi connectivity index (χ1n) is 12.7. The van der Waals surface area contributed by atoms with Crippen LogP contribution in [-0.2, 0) is 0 Å². The predicted molar refractivity (Wildman–Crippen MR) is 116 cm³/mol. The van der Waals surface area contributed by atoms with E-state index in [0.717, 1.165) is 24.3 Å². The van der Waals surface area contributed by atoms with Crippen LogP contribution < -0.4 is 5.73 Å². The molecule has 0 bridgehead atoms. The monoisotopic (exact) mass is 387 g/mol. The van der Waals surface area contributed by atoms with Crippen molar-refractivity contribution in [1.29, 1.82) is 0 Å². The maximum absolute atomic E-state index is 11.8. The molecule has 0 heterocycles. The Kier molecular flexibility index (Phi) is 4.41. The van der Waals surface area contributed by atoms with Crippen molar-refractivity contribution in [3.8, 4) is 0 Å². The Morgan fingerprint density at radius 1 is 0.929 bits per heavy atom. The Hall–Kier alpha value is -0.0800. The lowest BCUT2D eigenvalue weighted by atomic mass is 9.41. The minimum absolute atomic E-state index is 0.0505. The van der Waals surface area contributed by atoms with Gasteiger partial charge in [0.25, 0.3) is 0 Å². The Bertz CT molecular complexity index is 634. The summed E-state index contributed by atoms with van der Waals surface area (Å²) < 4.78 is 0. The smallest absolute Gasteiger partial charge is 0.0605 e. The summed E-state index contributed by atoms with van der Waals surface area (Å²) in [7, 11) is 0. The van der Waals surface area contributed by atoms with E-state index in [0.29, 0.717) is 33.5 Å². The molecule has 0 aromatic heterocycles. The summed E-state index contributed by atoms with van der Waals surface area (Å²) in [4.78, 5) is 0. The minimum Gasteiger partial charge on any atom is -0.393 e. The molecule has 5 aliphatic rings. The molecule has 2 unspecified atom stereocenters. The summed E-state index contributed by atoms with van der Waals surface area (Å²) in [6, 6.07) is 0. The molecule has 0 amide bonds. The van der Waals surface area contributed by atoms with E-state index >= 15 is 0 Å². The van der Waals surface area contributed by atoms with E-state index in [1.54, 1.807) is 0 Å². The quantitative estimate of drug-likeness (QED) is 0.645. The second kappa shape index (κ2) is 6.22. The number of fused-ring (bicyclic) bond motifs is 6. The second-order valence-corrected chi connectivity index (χ2v) is 12.6. The molecule has 1 spiro atoms. The van der Waals surface area contributed by atoms with Crippen molar-refractivity contribution in [2.75, 3.05) is 6.54 Å². The molecule has 5 aliphatic carbocycles. The highest BCUT2D eigenvalue weighted by Crippen LogP contribution is 2.84. The Labute approximate surface area is 173 Å². The molecule has 2 nitrogen and oxygen atoms in total. The second-order valence-electron chi connectivity index (χ2n) is 12.6. The van der Waals surface area contributed by atoms with Crippen molar-refractivity contribution < 1.29 is 5.11 Å². The van der Waals surface area contributed by atoms with E-state index in [1.807, 2.05) is 0 Å². The van der Waals surface area contributed by atoms with Crippen molar-refractivity contribution in [3.05, 3.63) is 0 Å². The lowest BCUT2D eigenvalue weighted by Gasteiger charge is -2.64. The molecule has 0 saturated heterocycles. The summed E-state index contributed by atoms with van der Waals surface area (Å²) in [5.74, 6) is 3.38. The standard InChI is InChI=1S/C26H45NO/c1-5-17-18-8-6-7-11-24(18,3)19-9-12-25(4)20(21(19)22(17)28)10-13-26(25)16-23(26,2)14-15-27/h17-22,28H,5-16,27H2,1-4H3/t17-,18+,19+,20+,21?,22-,23+,24+,25?,26+/m1/s1. The molecule has 5 rings (SSSR count). The summed E-state index contributed by atoms with van der Waals surface area (Å²) in [6.45, 7) is 11.0. The number of aliphatic hydroxyl groups excluding tert-OH is 1. The summed E-state index contributed by atoms with van der Waals surface area (Å²) in [6.07, 6.45) is 14.9. The van der Waals surface area contributed by atoms with Crippen LogP contribution in [0.5, 0.6) is 0 Å². The van der Waals surface area contributed by atoms with Gasteiger partial charge in [-0.15, -0.1) is 0 Å². The fourth-order valence-corrected chi connectivity index (χ4v) is 10.7. The van der Waals surface area contributed by atoms with Crippen molar-refractivity contribution in [3.63, 3.8) is 0 Å². The van der Waals surface area contributed by atoms with Crippen molar-refractivity contribution >= 4 is 0 Å². The summed E-state index contributed by atoms with van der Waals surface area (Å²) in [5, 5.41) is 11.8. The molecule has 0 aromatic carbocycles. The van der Waals surface area contributed by atoms with Gasteiger partial charge in [0.15, 0.2) is 0 Å². The van der Waals surface area contributed by atoms with Crippen LogP contribution in [0, 0.1) is 51.2 Å². The zero-order chi connectivity index (χ0) is 19.9. The molecular formula is C26H45NO. The van der Waals surface area contributed by atoms with Gasteiger partial charge in [0.1, 0.15) is 0 Å². The maximum atomic E-state index is 11.8. The van der Waals surface area contributed by atoms with Gasteiger partial charge in [-0.3, -0.25) is 0 Å². The van der Waals surface area contributed by atoms with Gasteiger partial charge in [-0.05, 0) is 109 Å². The normalized spacial score (nSPS) is 60.2. The third kappa shape index (κ3) is 2.18. The van der Waals surface area contributed by atoms with Gasteiger partial charge in [-0.25, -0.2) is 0 Å². The van der Waals surface area contributed by atoms with Crippen LogP contribution in [0.4, 0.5) is 0 Å². The molecule has 5 fully saturated rings. The molecule has 0 aromatic rings. The predicted octanol–water partition coefficient (Wildman–Crippen LogP) is 5.77. The molecule has 5 saturated carbocycles. The maximum Gasteiger partial charge on any atom is 0.0605 e. The average Bonchev–Trinajstić information content (AvgIpc) is 3.15. The first-order valence-corrected chi connectivity index (χ1v) is 12.7. The number of hydrogen-bond donors (Lipinski definition) is 2. The summed E-state index contributed by atoms with van der Waals surface area (Å²) >= 11 is 0. The van der Waals surface area contributed by atoms with E-state index in [-0.39, 0.29) is 6.10 Å². The lowest BCUT2D eigenvalue weighted by Crippen LogP contribution is -2.61. The van der Waals surface area contributed by atoms with E-state index in [2.05, 4.69) is 27.7 Å². The van der Waals surface area contributed by atoms with Crippen LogP contribution in [0.2, 0.25) is 0 Å². The fraction of sp³-hybridized carbons (Fsp3) is 1.00. The average molecular weight is 388 g/mol. The van der Waals surface area contributed by atoms with E-state index in [4.69, 9.17) is 5.73 Å². The number of hydrogen-bond acceptors (Lipinski definition) is 2. The van der Waals surface area contributed by atoms with Crippen LogP contribution in [0.3, 0.4) is 0 Å². The van der Waals surface area contributed by atoms with Crippen LogP contribution in [0.1, 0.15) is 98.3 Å². The van der Waals surface area contributed by atoms with E-state index in [9.17, 15) is 5.11 Å². The highest BCUT2D eigenvalue weighted by atomic mass is 16.3. The topological polar surface area (TPSA) is 46.2 Å². The van der Waals surface area contributed by atoms with Gasteiger partial charge in [0.2, 0.25) is 0 Å². The number of rotatable bonds is 3. The van der Waals surface area contributed by atoms with Gasteiger partial charge in [-0.2, -0.15) is 0 Å². The molecule has 160 valence electrons. The van der Waals surface area contributed by atoms with Gasteiger partial charge >= 0.3 is 0 Å². The molecule has 28 heavy (non-hydrogen) atoms. The first kappa shape index (κ1) is 19.9. The van der Waals surface area contributed by atoms with Gasteiger partial charge < -0.3 is 10.8 Å². The van der Waals surface area contributed by atoms with Crippen LogP contribution in [0.15, 0.2) is 0 Å².